The lowest BCUT2D eigenvalue weighted by Gasteiger charge is -2.33. The Bertz CT molecular complexity index is 927. The highest BCUT2D eigenvalue weighted by Gasteiger charge is 2.25. The van der Waals surface area contributed by atoms with Gasteiger partial charge in [-0.25, -0.2) is 4.39 Å². The molecule has 0 atom stereocenters. The van der Waals surface area contributed by atoms with Crippen LogP contribution in [0.15, 0.2) is 12.1 Å². The Hall–Kier alpha value is -2.12. The lowest BCUT2D eigenvalue weighted by Crippen LogP contribution is -2.46. The SMILES string of the molecule is O=C(NC1CCN(CCN2CCCCCC2)CC1)c1cc2c3c(c(F)cc2[nH]1)CCO3. The maximum Gasteiger partial charge on any atom is 0.267 e. The Morgan fingerprint density at radius 3 is 2.52 bits per heavy atom. The number of H-pyrrole nitrogens is 1. The van der Waals surface area contributed by atoms with E-state index >= 15 is 0 Å². The van der Waals surface area contributed by atoms with E-state index in [0.717, 1.165) is 44.4 Å². The highest BCUT2D eigenvalue weighted by atomic mass is 19.1. The maximum absolute atomic E-state index is 14.2. The average molecular weight is 429 g/mol. The van der Waals surface area contributed by atoms with Gasteiger partial charge in [0, 0.05) is 49.6 Å². The Morgan fingerprint density at radius 1 is 1.06 bits per heavy atom. The van der Waals surface area contributed by atoms with Crippen LogP contribution in [-0.4, -0.2) is 72.6 Å². The van der Waals surface area contributed by atoms with Gasteiger partial charge in [0.2, 0.25) is 0 Å². The van der Waals surface area contributed by atoms with Crippen molar-refractivity contribution >= 4 is 16.8 Å². The fourth-order valence-corrected chi connectivity index (χ4v) is 5.24. The summed E-state index contributed by atoms with van der Waals surface area (Å²) in [7, 11) is 0. The van der Waals surface area contributed by atoms with Gasteiger partial charge in [-0.05, 0) is 50.9 Å². The summed E-state index contributed by atoms with van der Waals surface area (Å²) in [5.74, 6) is 0.204. The van der Waals surface area contributed by atoms with E-state index in [1.165, 1.54) is 44.8 Å². The van der Waals surface area contributed by atoms with Gasteiger partial charge < -0.3 is 24.8 Å². The third kappa shape index (κ3) is 4.58. The van der Waals surface area contributed by atoms with Crippen LogP contribution in [0.4, 0.5) is 4.39 Å². The van der Waals surface area contributed by atoms with Crippen molar-refractivity contribution in [2.75, 3.05) is 45.9 Å². The van der Waals surface area contributed by atoms with Crippen molar-refractivity contribution in [2.24, 2.45) is 0 Å². The zero-order valence-corrected chi connectivity index (χ0v) is 18.2. The van der Waals surface area contributed by atoms with Crippen LogP contribution in [-0.2, 0) is 6.42 Å². The number of ether oxygens (including phenoxy) is 1. The van der Waals surface area contributed by atoms with Crippen molar-refractivity contribution in [3.63, 3.8) is 0 Å². The first-order chi connectivity index (χ1) is 15.2. The number of carbonyl (C=O) groups is 1. The number of likely N-dealkylation sites (tertiary alicyclic amines) is 2. The third-order valence-electron chi connectivity index (χ3n) is 7.12. The number of halogens is 1. The second kappa shape index (κ2) is 9.17. The number of nitrogens with one attached hydrogen (secondary N) is 2. The molecule has 168 valence electrons. The first-order valence-corrected chi connectivity index (χ1v) is 11.9. The number of hydrogen-bond donors (Lipinski definition) is 2. The molecule has 2 fully saturated rings. The van der Waals surface area contributed by atoms with Gasteiger partial charge in [-0.15, -0.1) is 0 Å². The second-order valence-electron chi connectivity index (χ2n) is 9.25. The van der Waals surface area contributed by atoms with E-state index in [1.807, 2.05) is 0 Å². The number of rotatable bonds is 5. The minimum absolute atomic E-state index is 0.119. The highest BCUT2D eigenvalue weighted by molar-refractivity contribution is 6.00. The first-order valence-electron chi connectivity index (χ1n) is 11.9. The lowest BCUT2D eigenvalue weighted by molar-refractivity contribution is 0.0902. The Morgan fingerprint density at radius 2 is 1.77 bits per heavy atom. The van der Waals surface area contributed by atoms with Crippen LogP contribution in [0.3, 0.4) is 0 Å². The zero-order valence-electron chi connectivity index (χ0n) is 18.2. The number of hydrogen-bond acceptors (Lipinski definition) is 4. The first kappa shape index (κ1) is 20.8. The van der Waals surface area contributed by atoms with E-state index in [2.05, 4.69) is 20.1 Å². The molecule has 2 aromatic rings. The van der Waals surface area contributed by atoms with Crippen molar-refractivity contribution in [1.82, 2.24) is 20.1 Å². The van der Waals surface area contributed by atoms with Gasteiger partial charge >= 0.3 is 0 Å². The minimum Gasteiger partial charge on any atom is -0.492 e. The van der Waals surface area contributed by atoms with E-state index in [4.69, 9.17) is 4.74 Å². The molecule has 2 saturated heterocycles. The van der Waals surface area contributed by atoms with E-state index in [1.54, 1.807) is 6.07 Å². The molecule has 3 aliphatic rings. The second-order valence-corrected chi connectivity index (χ2v) is 9.25. The van der Waals surface area contributed by atoms with Crippen molar-refractivity contribution in [2.45, 2.75) is 51.0 Å². The number of piperidine rings is 1. The molecule has 0 aliphatic carbocycles. The number of amides is 1. The average Bonchev–Trinajstić information content (AvgIpc) is 3.35. The zero-order chi connectivity index (χ0) is 21.2. The monoisotopic (exact) mass is 428 g/mol. The van der Waals surface area contributed by atoms with Gasteiger partial charge in [0.1, 0.15) is 17.3 Å². The van der Waals surface area contributed by atoms with Crippen molar-refractivity contribution in [1.29, 1.82) is 0 Å². The molecule has 0 radical (unpaired) electrons. The molecular weight excluding hydrogens is 395 g/mol. The van der Waals surface area contributed by atoms with Crippen molar-refractivity contribution in [3.05, 3.63) is 29.2 Å². The highest BCUT2D eigenvalue weighted by Crippen LogP contribution is 2.36. The number of nitrogens with zero attached hydrogens (tertiary/aromatic N) is 2. The van der Waals surface area contributed by atoms with E-state index < -0.39 is 0 Å². The molecular formula is C24H33FN4O2. The predicted molar refractivity (Wildman–Crippen MR) is 119 cm³/mol. The molecule has 0 bridgehead atoms. The minimum atomic E-state index is -0.263. The summed E-state index contributed by atoms with van der Waals surface area (Å²) in [5.41, 5.74) is 1.71. The molecule has 1 aromatic heterocycles. The third-order valence-corrected chi connectivity index (χ3v) is 7.12. The molecule has 0 saturated carbocycles. The fourth-order valence-electron chi connectivity index (χ4n) is 5.24. The van der Waals surface area contributed by atoms with Gasteiger partial charge in [-0.1, -0.05) is 12.8 Å². The largest absolute Gasteiger partial charge is 0.492 e. The molecule has 4 heterocycles. The van der Waals surface area contributed by atoms with Crippen LogP contribution in [0.1, 0.15) is 54.6 Å². The summed E-state index contributed by atoms with van der Waals surface area (Å²) in [6, 6.07) is 3.46. The van der Waals surface area contributed by atoms with Crippen LogP contribution in [0.5, 0.6) is 5.75 Å². The summed E-state index contributed by atoms with van der Waals surface area (Å²) in [6.45, 7) is 7.32. The number of benzene rings is 1. The van der Waals surface area contributed by atoms with Crippen LogP contribution in [0.2, 0.25) is 0 Å². The number of aromatic nitrogens is 1. The lowest BCUT2D eigenvalue weighted by atomic mass is 10.0. The topological polar surface area (TPSA) is 60.6 Å². The smallest absolute Gasteiger partial charge is 0.267 e. The van der Waals surface area contributed by atoms with Crippen LogP contribution in [0.25, 0.3) is 10.9 Å². The number of aromatic amines is 1. The van der Waals surface area contributed by atoms with Gasteiger partial charge in [0.25, 0.3) is 5.91 Å². The van der Waals surface area contributed by atoms with Gasteiger partial charge in [-0.2, -0.15) is 0 Å². The van der Waals surface area contributed by atoms with Crippen LogP contribution < -0.4 is 10.1 Å². The molecule has 7 heteroatoms. The van der Waals surface area contributed by atoms with Gasteiger partial charge in [0.05, 0.1) is 12.1 Å². The maximum atomic E-state index is 14.2. The van der Waals surface area contributed by atoms with Crippen molar-refractivity contribution in [3.8, 4) is 5.75 Å². The normalized spacial score (nSPS) is 21.1. The molecule has 2 N–H and O–H groups in total. The van der Waals surface area contributed by atoms with Gasteiger partial charge in [0.15, 0.2) is 0 Å². The Labute approximate surface area is 183 Å². The summed E-state index contributed by atoms with van der Waals surface area (Å²) >= 11 is 0. The Balaban J connectivity index is 1.13. The number of fused-ring (bicyclic) bond motifs is 3. The molecule has 1 aromatic carbocycles. The predicted octanol–water partition coefficient (Wildman–Crippen LogP) is 3.31. The summed E-state index contributed by atoms with van der Waals surface area (Å²) in [6.07, 6.45) is 7.95. The quantitative estimate of drug-likeness (QED) is 0.767. The molecule has 5 rings (SSSR count). The standard InChI is InChI=1S/C24H33FN4O2/c25-20-16-21-19(23-18(20)7-14-31-23)15-22(27-21)24(30)26-17-5-10-29(11-6-17)13-12-28-8-3-1-2-4-9-28/h15-17,27H,1-14H2,(H,26,30). The van der Waals surface area contributed by atoms with E-state index in [9.17, 15) is 9.18 Å². The number of carbonyl (C=O) groups excluding carboxylic acids is 1. The molecule has 3 aliphatic heterocycles. The van der Waals surface area contributed by atoms with Crippen LogP contribution in [0, 0.1) is 5.82 Å². The Kier molecular flexibility index (Phi) is 6.14. The van der Waals surface area contributed by atoms with E-state index in [0.29, 0.717) is 35.6 Å². The molecule has 0 spiro atoms. The van der Waals surface area contributed by atoms with Crippen molar-refractivity contribution < 1.29 is 13.9 Å². The van der Waals surface area contributed by atoms with Gasteiger partial charge in [-0.3, -0.25) is 4.79 Å². The van der Waals surface area contributed by atoms with Crippen LogP contribution >= 0.6 is 0 Å². The molecule has 31 heavy (non-hydrogen) atoms. The fraction of sp³-hybridized carbons (Fsp3) is 0.625. The summed E-state index contributed by atoms with van der Waals surface area (Å²) < 4.78 is 19.9. The molecule has 1 amide bonds. The van der Waals surface area contributed by atoms with E-state index in [-0.39, 0.29) is 17.8 Å². The molecule has 6 nitrogen and oxygen atoms in total. The molecule has 0 unspecified atom stereocenters. The summed E-state index contributed by atoms with van der Waals surface area (Å²) in [4.78, 5) is 21.0. The summed E-state index contributed by atoms with van der Waals surface area (Å²) in [5, 5.41) is 3.96.